The second-order valence-electron chi connectivity index (χ2n) is 8.25. The number of fused-ring (bicyclic) bond motifs is 1. The van der Waals surface area contributed by atoms with Crippen LogP contribution in [0.2, 0.25) is 0 Å². The quantitative estimate of drug-likeness (QED) is 0.309. The van der Waals surface area contributed by atoms with Crippen molar-refractivity contribution in [2.75, 3.05) is 0 Å². The number of esters is 3. The number of carbonyl (C=O) groups excluding carboxylic acids is 3. The zero-order valence-electron chi connectivity index (χ0n) is 17.5. The summed E-state index contributed by atoms with van der Waals surface area (Å²) < 4.78 is 17.0. The van der Waals surface area contributed by atoms with Crippen LogP contribution in [0, 0.1) is 17.3 Å². The average molecular weight is 390 g/mol. The van der Waals surface area contributed by atoms with Crippen molar-refractivity contribution < 1.29 is 28.6 Å². The lowest BCUT2D eigenvalue weighted by Gasteiger charge is -2.49. The lowest BCUT2D eigenvalue weighted by Crippen LogP contribution is -2.57. The molecule has 2 rings (SSSR count). The first-order valence-corrected chi connectivity index (χ1v) is 9.44. The third kappa shape index (κ3) is 3.52. The summed E-state index contributed by atoms with van der Waals surface area (Å²) in [4.78, 5) is 37.1. The standard InChI is InChI=1S/C22H30O6/c1-9-13(5)19(24)28-22(8)17-15(26-14(6)23)11-21(7,10-2)16(12(3)4)18(17)27-20(22)25/h9-10,15-18H,2-3,11H2,1,4-8H3/b13-9-/t15-,16-,17+,18-,21-,22-/m0/s1. The van der Waals surface area contributed by atoms with Crippen LogP contribution < -0.4 is 0 Å². The van der Waals surface area contributed by atoms with Crippen molar-refractivity contribution in [3.63, 3.8) is 0 Å². The van der Waals surface area contributed by atoms with Gasteiger partial charge in [-0.05, 0) is 39.5 Å². The fourth-order valence-corrected chi connectivity index (χ4v) is 4.55. The van der Waals surface area contributed by atoms with Gasteiger partial charge < -0.3 is 14.2 Å². The first-order chi connectivity index (χ1) is 12.9. The highest BCUT2D eigenvalue weighted by molar-refractivity contribution is 5.92. The average Bonchev–Trinajstić information content (AvgIpc) is 2.83. The van der Waals surface area contributed by atoms with Crippen LogP contribution in [0.4, 0.5) is 0 Å². The van der Waals surface area contributed by atoms with E-state index in [2.05, 4.69) is 13.2 Å². The van der Waals surface area contributed by atoms with Crippen molar-refractivity contribution in [1.82, 2.24) is 0 Å². The summed E-state index contributed by atoms with van der Waals surface area (Å²) in [6.07, 6.45) is 2.50. The fourth-order valence-electron chi connectivity index (χ4n) is 4.55. The molecule has 2 aliphatic rings. The molecule has 0 aromatic heterocycles. The van der Waals surface area contributed by atoms with E-state index in [-0.39, 0.29) is 5.92 Å². The smallest absolute Gasteiger partial charge is 0.351 e. The summed E-state index contributed by atoms with van der Waals surface area (Å²) in [7, 11) is 0. The predicted molar refractivity (Wildman–Crippen MR) is 104 cm³/mol. The summed E-state index contributed by atoms with van der Waals surface area (Å²) in [6, 6.07) is 0. The SMILES string of the molecule is C=C[C@@]1(C)C[C@H](OC(C)=O)[C@@H]2[C@@H](OC(=O)[C@@]2(C)OC(=O)/C(C)=C\C)[C@@H]1C(=C)C. The van der Waals surface area contributed by atoms with Crippen molar-refractivity contribution in [2.24, 2.45) is 17.3 Å². The highest BCUT2D eigenvalue weighted by Gasteiger charge is 2.67. The Kier molecular flexibility index (Phi) is 5.93. The van der Waals surface area contributed by atoms with E-state index in [0.717, 1.165) is 5.57 Å². The Morgan fingerprint density at radius 1 is 1.25 bits per heavy atom. The first kappa shape index (κ1) is 21.9. The summed E-state index contributed by atoms with van der Waals surface area (Å²) >= 11 is 0. The van der Waals surface area contributed by atoms with Gasteiger partial charge >= 0.3 is 17.9 Å². The highest BCUT2D eigenvalue weighted by Crippen LogP contribution is 2.55. The van der Waals surface area contributed by atoms with Gasteiger partial charge in [-0.2, -0.15) is 0 Å². The first-order valence-electron chi connectivity index (χ1n) is 9.44. The Morgan fingerprint density at radius 3 is 2.32 bits per heavy atom. The Labute approximate surface area is 166 Å². The lowest BCUT2D eigenvalue weighted by atomic mass is 9.57. The number of ether oxygens (including phenoxy) is 3. The molecule has 1 saturated heterocycles. The number of carbonyl (C=O) groups is 3. The van der Waals surface area contributed by atoms with Gasteiger partial charge in [-0.15, -0.1) is 6.58 Å². The largest absolute Gasteiger partial charge is 0.462 e. The molecule has 1 heterocycles. The summed E-state index contributed by atoms with van der Waals surface area (Å²) in [5.41, 5.74) is -0.860. The summed E-state index contributed by atoms with van der Waals surface area (Å²) in [5.74, 6) is -2.60. The van der Waals surface area contributed by atoms with Gasteiger partial charge in [-0.1, -0.05) is 31.2 Å². The van der Waals surface area contributed by atoms with Crippen LogP contribution in [0.3, 0.4) is 0 Å². The van der Waals surface area contributed by atoms with Gasteiger partial charge in [0.15, 0.2) is 0 Å². The van der Waals surface area contributed by atoms with Gasteiger partial charge in [0.1, 0.15) is 12.2 Å². The zero-order chi connectivity index (χ0) is 21.4. The van der Waals surface area contributed by atoms with Gasteiger partial charge in [0.2, 0.25) is 5.60 Å². The minimum absolute atomic E-state index is 0.242. The minimum Gasteiger partial charge on any atom is -0.462 e. The fraction of sp³-hybridized carbons (Fsp3) is 0.591. The molecule has 0 bridgehead atoms. The van der Waals surface area contributed by atoms with Crippen molar-refractivity contribution in [3.05, 3.63) is 36.5 Å². The van der Waals surface area contributed by atoms with Crippen molar-refractivity contribution in [3.8, 4) is 0 Å². The second kappa shape index (κ2) is 7.57. The second-order valence-corrected chi connectivity index (χ2v) is 8.25. The van der Waals surface area contributed by atoms with Crippen LogP contribution in [0.1, 0.15) is 48.0 Å². The Bertz CT molecular complexity index is 750. The van der Waals surface area contributed by atoms with Crippen LogP contribution in [-0.2, 0) is 28.6 Å². The van der Waals surface area contributed by atoms with Crippen molar-refractivity contribution >= 4 is 17.9 Å². The highest BCUT2D eigenvalue weighted by atomic mass is 16.6. The number of hydrogen-bond donors (Lipinski definition) is 0. The molecule has 0 spiro atoms. The Morgan fingerprint density at radius 2 is 1.86 bits per heavy atom. The maximum Gasteiger partial charge on any atom is 0.351 e. The lowest BCUT2D eigenvalue weighted by molar-refractivity contribution is -0.179. The zero-order valence-corrected chi connectivity index (χ0v) is 17.5. The normalized spacial score (nSPS) is 37.5. The number of rotatable bonds is 5. The van der Waals surface area contributed by atoms with E-state index < -0.39 is 47.0 Å². The molecule has 0 aromatic carbocycles. The molecule has 0 amide bonds. The number of allylic oxidation sites excluding steroid dienone is 2. The molecule has 0 aromatic rings. The molecular weight excluding hydrogens is 360 g/mol. The third-order valence-electron chi connectivity index (χ3n) is 6.09. The van der Waals surface area contributed by atoms with Crippen LogP contribution in [0.15, 0.2) is 36.5 Å². The molecule has 1 aliphatic heterocycles. The molecule has 6 nitrogen and oxygen atoms in total. The van der Waals surface area contributed by atoms with E-state index in [1.807, 2.05) is 13.8 Å². The van der Waals surface area contributed by atoms with Crippen LogP contribution >= 0.6 is 0 Å². The molecule has 1 aliphatic carbocycles. The van der Waals surface area contributed by atoms with Gasteiger partial charge in [0, 0.05) is 18.4 Å². The number of hydrogen-bond acceptors (Lipinski definition) is 6. The molecular formula is C22H30O6. The van der Waals surface area contributed by atoms with Gasteiger partial charge in [0.25, 0.3) is 0 Å². The molecule has 6 atom stereocenters. The van der Waals surface area contributed by atoms with E-state index >= 15 is 0 Å². The predicted octanol–water partition coefficient (Wildman–Crippen LogP) is 3.52. The molecule has 0 N–H and O–H groups in total. The topological polar surface area (TPSA) is 78.9 Å². The van der Waals surface area contributed by atoms with E-state index in [0.29, 0.717) is 12.0 Å². The maximum absolute atomic E-state index is 12.9. The van der Waals surface area contributed by atoms with E-state index in [4.69, 9.17) is 14.2 Å². The molecule has 154 valence electrons. The van der Waals surface area contributed by atoms with Gasteiger partial charge in [-0.25, -0.2) is 9.59 Å². The van der Waals surface area contributed by atoms with Crippen LogP contribution in [0.5, 0.6) is 0 Å². The third-order valence-corrected chi connectivity index (χ3v) is 6.09. The maximum atomic E-state index is 12.9. The Balaban J connectivity index is 2.57. The minimum atomic E-state index is -1.57. The van der Waals surface area contributed by atoms with Gasteiger partial charge in [-0.3, -0.25) is 4.79 Å². The van der Waals surface area contributed by atoms with E-state index in [1.54, 1.807) is 26.0 Å². The van der Waals surface area contributed by atoms with Crippen molar-refractivity contribution in [2.45, 2.75) is 65.8 Å². The van der Waals surface area contributed by atoms with Crippen LogP contribution in [-0.4, -0.2) is 35.7 Å². The molecule has 0 radical (unpaired) electrons. The summed E-state index contributed by atoms with van der Waals surface area (Å²) in [5, 5.41) is 0. The van der Waals surface area contributed by atoms with E-state index in [1.165, 1.54) is 13.8 Å². The van der Waals surface area contributed by atoms with Crippen LogP contribution in [0.25, 0.3) is 0 Å². The molecule has 28 heavy (non-hydrogen) atoms. The van der Waals surface area contributed by atoms with Gasteiger partial charge in [0.05, 0.1) is 5.92 Å². The van der Waals surface area contributed by atoms with E-state index in [9.17, 15) is 14.4 Å². The summed E-state index contributed by atoms with van der Waals surface area (Å²) in [6.45, 7) is 18.0. The molecule has 1 saturated carbocycles. The monoisotopic (exact) mass is 390 g/mol. The molecule has 2 fully saturated rings. The van der Waals surface area contributed by atoms with Crippen molar-refractivity contribution in [1.29, 1.82) is 0 Å². The molecule has 0 unspecified atom stereocenters. The molecule has 6 heteroatoms. The Hall–Kier alpha value is -2.37.